The number of nitrogens with one attached hydrogen (secondary N) is 2. The molecule has 1 heterocycles. The van der Waals surface area contributed by atoms with Gasteiger partial charge in [-0.15, -0.1) is 0 Å². The third-order valence-electron chi connectivity index (χ3n) is 3.86. The van der Waals surface area contributed by atoms with Crippen molar-refractivity contribution in [3.8, 4) is 0 Å². The minimum absolute atomic E-state index is 0.0150. The molecule has 0 radical (unpaired) electrons. The fourth-order valence-electron chi connectivity index (χ4n) is 2.79. The number of nitrogens with zero attached hydrogens (tertiary/aromatic N) is 1. The quantitative estimate of drug-likeness (QED) is 0.897. The molecule has 1 aromatic carbocycles. The number of rotatable bonds is 4. The lowest BCUT2D eigenvalue weighted by atomic mass is 10.1. The molecule has 104 valence electrons. The third-order valence-corrected chi connectivity index (χ3v) is 3.86. The zero-order valence-corrected chi connectivity index (χ0v) is 11.4. The molecule has 0 unspecified atom stereocenters. The number of carbonyl (C=O) groups excluding carboxylic acids is 1. The van der Waals surface area contributed by atoms with Crippen LogP contribution in [0.4, 0.5) is 5.69 Å². The molecular weight excluding hydrogens is 250 g/mol. The Morgan fingerprint density at radius 2 is 2.10 bits per heavy atom. The molecular formula is C16H19N3O. The second-order valence-corrected chi connectivity index (χ2v) is 5.31. The van der Waals surface area contributed by atoms with Gasteiger partial charge in [0.05, 0.1) is 6.54 Å². The molecule has 1 fully saturated rings. The highest BCUT2D eigenvalue weighted by molar-refractivity contribution is 6.02. The van der Waals surface area contributed by atoms with Gasteiger partial charge in [-0.3, -0.25) is 9.78 Å². The predicted molar refractivity (Wildman–Crippen MR) is 80.6 cm³/mol. The summed E-state index contributed by atoms with van der Waals surface area (Å²) < 4.78 is 0. The van der Waals surface area contributed by atoms with Crippen molar-refractivity contribution in [3.05, 3.63) is 36.7 Å². The first-order valence-corrected chi connectivity index (χ1v) is 7.19. The van der Waals surface area contributed by atoms with E-state index in [2.05, 4.69) is 15.6 Å². The molecule has 20 heavy (non-hydrogen) atoms. The van der Waals surface area contributed by atoms with E-state index in [1.807, 2.05) is 30.5 Å². The minimum atomic E-state index is 0.0150. The molecule has 1 aromatic heterocycles. The summed E-state index contributed by atoms with van der Waals surface area (Å²) in [7, 11) is 0. The van der Waals surface area contributed by atoms with E-state index in [4.69, 9.17) is 0 Å². The number of aromatic nitrogens is 1. The molecule has 0 atom stereocenters. The van der Waals surface area contributed by atoms with Gasteiger partial charge in [0.15, 0.2) is 0 Å². The molecule has 4 heteroatoms. The lowest BCUT2D eigenvalue weighted by molar-refractivity contribution is -0.115. The van der Waals surface area contributed by atoms with Crippen LogP contribution in [-0.4, -0.2) is 23.5 Å². The first-order chi connectivity index (χ1) is 9.83. The van der Waals surface area contributed by atoms with Crippen LogP contribution in [-0.2, 0) is 4.79 Å². The fourth-order valence-corrected chi connectivity index (χ4v) is 2.79. The van der Waals surface area contributed by atoms with Crippen LogP contribution in [0.15, 0.2) is 36.7 Å². The van der Waals surface area contributed by atoms with Gasteiger partial charge in [-0.05, 0) is 25.0 Å². The van der Waals surface area contributed by atoms with Crippen LogP contribution in [0.25, 0.3) is 10.8 Å². The van der Waals surface area contributed by atoms with E-state index in [0.717, 1.165) is 16.5 Å². The van der Waals surface area contributed by atoms with Crippen molar-refractivity contribution in [2.24, 2.45) is 0 Å². The smallest absolute Gasteiger partial charge is 0.238 e. The van der Waals surface area contributed by atoms with E-state index < -0.39 is 0 Å². The number of benzene rings is 1. The van der Waals surface area contributed by atoms with E-state index >= 15 is 0 Å². The number of pyridine rings is 1. The zero-order valence-electron chi connectivity index (χ0n) is 11.4. The molecule has 1 amide bonds. The normalized spacial score (nSPS) is 15.6. The summed E-state index contributed by atoms with van der Waals surface area (Å²) in [6, 6.07) is 8.29. The SMILES string of the molecule is O=C(CNC1CCCC1)Nc1cccc2cnccc12. The number of hydrogen-bond donors (Lipinski definition) is 2. The molecule has 2 N–H and O–H groups in total. The van der Waals surface area contributed by atoms with Crippen LogP contribution >= 0.6 is 0 Å². The monoisotopic (exact) mass is 269 g/mol. The maximum atomic E-state index is 12.0. The average molecular weight is 269 g/mol. The maximum Gasteiger partial charge on any atom is 0.238 e. The van der Waals surface area contributed by atoms with Crippen LogP contribution in [0, 0.1) is 0 Å². The fraction of sp³-hybridized carbons (Fsp3) is 0.375. The van der Waals surface area contributed by atoms with Crippen LogP contribution in [0.3, 0.4) is 0 Å². The summed E-state index contributed by atoms with van der Waals surface area (Å²) in [6.07, 6.45) is 8.47. The van der Waals surface area contributed by atoms with Crippen molar-refractivity contribution < 1.29 is 4.79 Å². The molecule has 1 aliphatic rings. The summed E-state index contributed by atoms with van der Waals surface area (Å²) in [6.45, 7) is 0.381. The van der Waals surface area contributed by atoms with E-state index in [-0.39, 0.29) is 5.91 Å². The second kappa shape index (κ2) is 6.01. The van der Waals surface area contributed by atoms with Crippen LogP contribution < -0.4 is 10.6 Å². The van der Waals surface area contributed by atoms with Gasteiger partial charge in [-0.1, -0.05) is 25.0 Å². The van der Waals surface area contributed by atoms with E-state index in [0.29, 0.717) is 12.6 Å². The first kappa shape index (κ1) is 13.1. The molecule has 0 aliphatic heterocycles. The standard InChI is InChI=1S/C16H19N3O/c20-16(11-18-13-5-1-2-6-13)19-15-7-3-4-12-10-17-9-8-14(12)15/h3-4,7-10,13,18H,1-2,5-6,11H2,(H,19,20). The lowest BCUT2D eigenvalue weighted by Gasteiger charge is -2.12. The van der Waals surface area contributed by atoms with Gasteiger partial charge in [-0.25, -0.2) is 0 Å². The maximum absolute atomic E-state index is 12.0. The Bertz CT molecular complexity index is 600. The van der Waals surface area contributed by atoms with E-state index in [1.54, 1.807) is 6.20 Å². The average Bonchev–Trinajstić information content (AvgIpc) is 2.99. The Balaban J connectivity index is 1.65. The zero-order chi connectivity index (χ0) is 13.8. The van der Waals surface area contributed by atoms with Crippen LogP contribution in [0.5, 0.6) is 0 Å². The van der Waals surface area contributed by atoms with Crippen molar-refractivity contribution in [1.29, 1.82) is 0 Å². The highest BCUT2D eigenvalue weighted by Gasteiger charge is 2.15. The molecule has 3 rings (SSSR count). The van der Waals surface area contributed by atoms with Gasteiger partial charge in [0.25, 0.3) is 0 Å². The van der Waals surface area contributed by atoms with Crippen molar-refractivity contribution in [3.63, 3.8) is 0 Å². The summed E-state index contributed by atoms with van der Waals surface area (Å²) in [5.74, 6) is 0.0150. The molecule has 0 bridgehead atoms. The Labute approximate surface area is 118 Å². The van der Waals surface area contributed by atoms with Crippen molar-refractivity contribution in [2.45, 2.75) is 31.7 Å². The van der Waals surface area contributed by atoms with Gasteiger partial charge < -0.3 is 10.6 Å². The van der Waals surface area contributed by atoms with Crippen LogP contribution in [0.1, 0.15) is 25.7 Å². The molecule has 1 saturated carbocycles. The number of carbonyl (C=O) groups is 1. The number of anilines is 1. The Hall–Kier alpha value is -1.94. The number of fused-ring (bicyclic) bond motifs is 1. The van der Waals surface area contributed by atoms with Gasteiger partial charge in [0.1, 0.15) is 0 Å². The van der Waals surface area contributed by atoms with Gasteiger partial charge in [0, 0.05) is 34.9 Å². The summed E-state index contributed by atoms with van der Waals surface area (Å²) >= 11 is 0. The second-order valence-electron chi connectivity index (χ2n) is 5.31. The van der Waals surface area contributed by atoms with Gasteiger partial charge in [-0.2, -0.15) is 0 Å². The minimum Gasteiger partial charge on any atom is -0.324 e. The molecule has 4 nitrogen and oxygen atoms in total. The highest BCUT2D eigenvalue weighted by Crippen LogP contribution is 2.22. The Kier molecular flexibility index (Phi) is 3.92. The summed E-state index contributed by atoms with van der Waals surface area (Å²) in [4.78, 5) is 16.1. The van der Waals surface area contributed by atoms with Crippen molar-refractivity contribution in [1.82, 2.24) is 10.3 Å². The van der Waals surface area contributed by atoms with Crippen LogP contribution in [0.2, 0.25) is 0 Å². The van der Waals surface area contributed by atoms with Gasteiger partial charge in [0.2, 0.25) is 5.91 Å². The topological polar surface area (TPSA) is 54.0 Å². The molecule has 2 aromatic rings. The lowest BCUT2D eigenvalue weighted by Crippen LogP contribution is -2.34. The molecule has 1 aliphatic carbocycles. The predicted octanol–water partition coefficient (Wildman–Crippen LogP) is 2.71. The number of amides is 1. The first-order valence-electron chi connectivity index (χ1n) is 7.19. The molecule has 0 saturated heterocycles. The van der Waals surface area contributed by atoms with Crippen molar-refractivity contribution in [2.75, 3.05) is 11.9 Å². The highest BCUT2D eigenvalue weighted by atomic mass is 16.1. The van der Waals surface area contributed by atoms with E-state index in [1.165, 1.54) is 25.7 Å². The summed E-state index contributed by atoms with van der Waals surface area (Å²) in [5, 5.41) is 8.37. The van der Waals surface area contributed by atoms with Gasteiger partial charge >= 0.3 is 0 Å². The van der Waals surface area contributed by atoms with E-state index in [9.17, 15) is 4.79 Å². The number of hydrogen-bond acceptors (Lipinski definition) is 3. The Morgan fingerprint density at radius 1 is 1.25 bits per heavy atom. The Morgan fingerprint density at radius 3 is 2.95 bits per heavy atom. The largest absolute Gasteiger partial charge is 0.324 e. The third kappa shape index (κ3) is 2.96. The van der Waals surface area contributed by atoms with Crippen molar-refractivity contribution >= 4 is 22.4 Å². The molecule has 0 spiro atoms. The summed E-state index contributed by atoms with van der Waals surface area (Å²) in [5.41, 5.74) is 0.850.